The number of carbonyl (C=O) groups excluding carboxylic acids is 4. The van der Waals surface area contributed by atoms with Crippen molar-refractivity contribution < 1.29 is 46.5 Å². The van der Waals surface area contributed by atoms with Crippen molar-refractivity contribution in [1.82, 2.24) is 25.2 Å². The summed E-state index contributed by atoms with van der Waals surface area (Å²) in [5, 5.41) is 5.81. The van der Waals surface area contributed by atoms with Crippen molar-refractivity contribution in [3.8, 4) is 23.1 Å². The molecule has 3 aromatic rings. The summed E-state index contributed by atoms with van der Waals surface area (Å²) in [4.78, 5) is 63.3. The summed E-state index contributed by atoms with van der Waals surface area (Å²) in [6.07, 6.45) is 7.44. The second-order valence-corrected chi connectivity index (χ2v) is 20.3. The fourth-order valence-electron chi connectivity index (χ4n) is 9.25. The Morgan fingerprint density at radius 3 is 2.48 bits per heavy atom. The number of cyclic esters (lactones) is 1. The average molecular weight is 872 g/mol. The van der Waals surface area contributed by atoms with E-state index in [-0.39, 0.29) is 37.8 Å². The molecule has 3 N–H and O–H groups in total. The zero-order valence-corrected chi connectivity index (χ0v) is 36.5. The molecule has 0 unspecified atom stereocenters. The lowest BCUT2D eigenvalue weighted by Crippen LogP contribution is -2.59. The highest BCUT2D eigenvalue weighted by molar-refractivity contribution is 7.91. The number of nitrogens with zero attached hydrogens (tertiary/aromatic N) is 2. The maximum Gasteiger partial charge on any atom is 0.407 e. The van der Waals surface area contributed by atoms with Gasteiger partial charge in [-0.2, -0.15) is 0 Å². The second-order valence-electron chi connectivity index (χ2n) is 18.3. The Kier molecular flexibility index (Phi) is 12.2. The molecule has 5 atom stereocenters. The number of hydrogen-bond acceptors (Lipinski definition) is 11. The Labute approximate surface area is 362 Å². The van der Waals surface area contributed by atoms with Crippen molar-refractivity contribution in [3.05, 3.63) is 66.7 Å². The molecule has 3 saturated carbocycles. The minimum Gasteiger partial charge on any atom is -0.496 e. The third-order valence-corrected chi connectivity index (χ3v) is 14.9. The topological polar surface area (TPSA) is 192 Å². The van der Waals surface area contributed by atoms with Crippen LogP contribution in [0.4, 0.5) is 4.79 Å². The molecule has 4 bridgehead atoms. The van der Waals surface area contributed by atoms with Crippen LogP contribution in [0.5, 0.6) is 23.1 Å². The number of aromatic nitrogens is 1. The van der Waals surface area contributed by atoms with Crippen LogP contribution >= 0.6 is 0 Å². The highest BCUT2D eigenvalue weighted by Crippen LogP contribution is 2.46. The van der Waals surface area contributed by atoms with Gasteiger partial charge in [-0.3, -0.25) is 19.1 Å². The number of fused-ring (bicyclic) bond motifs is 3. The zero-order valence-electron chi connectivity index (χ0n) is 35.7. The third kappa shape index (κ3) is 9.35. The van der Waals surface area contributed by atoms with Crippen molar-refractivity contribution >= 4 is 44.7 Å². The van der Waals surface area contributed by atoms with Gasteiger partial charge in [0, 0.05) is 29.9 Å². The Bertz CT molecular complexity index is 2330. The van der Waals surface area contributed by atoms with Gasteiger partial charge in [0.2, 0.25) is 27.7 Å². The number of methoxy groups -OCH3 is 1. The predicted octanol–water partition coefficient (Wildman–Crippen LogP) is 6.09. The van der Waals surface area contributed by atoms with Crippen molar-refractivity contribution in [3.63, 3.8) is 0 Å². The number of rotatable bonds is 10. The average Bonchev–Trinajstić information content (AvgIpc) is 4.19. The van der Waals surface area contributed by atoms with Crippen molar-refractivity contribution in [2.75, 3.05) is 20.3 Å². The van der Waals surface area contributed by atoms with E-state index in [1.165, 1.54) is 11.0 Å². The molecule has 332 valence electrons. The molecule has 15 nitrogen and oxygen atoms in total. The summed E-state index contributed by atoms with van der Waals surface area (Å²) in [6, 6.07) is 12.6. The van der Waals surface area contributed by atoms with Crippen molar-refractivity contribution in [2.45, 2.75) is 120 Å². The molecule has 0 radical (unpaired) electrons. The summed E-state index contributed by atoms with van der Waals surface area (Å²) in [7, 11) is -2.32. The van der Waals surface area contributed by atoms with Crippen molar-refractivity contribution in [1.29, 1.82) is 0 Å². The number of alkyl carbamates (subject to hydrolysis) is 1. The van der Waals surface area contributed by atoms with Gasteiger partial charge in [0.1, 0.15) is 41.0 Å². The molecule has 0 spiro atoms. The first-order chi connectivity index (χ1) is 29.7. The van der Waals surface area contributed by atoms with E-state index in [0.717, 1.165) is 37.7 Å². The summed E-state index contributed by atoms with van der Waals surface area (Å²) < 4.78 is 52.7. The molecule has 5 aliphatic rings. The van der Waals surface area contributed by atoms with Crippen LogP contribution in [0.2, 0.25) is 0 Å². The smallest absolute Gasteiger partial charge is 0.407 e. The van der Waals surface area contributed by atoms with Crippen LogP contribution in [0.1, 0.15) is 90.0 Å². The van der Waals surface area contributed by atoms with E-state index in [0.29, 0.717) is 60.3 Å². The first-order valence-electron chi connectivity index (χ1n) is 21.8. The maximum absolute atomic E-state index is 15.1. The van der Waals surface area contributed by atoms with Gasteiger partial charge in [0.05, 0.1) is 31.0 Å². The first kappa shape index (κ1) is 43.3. The highest BCUT2D eigenvalue weighted by atomic mass is 32.2. The number of amides is 4. The normalized spacial score (nSPS) is 26.9. The molecule has 1 saturated heterocycles. The molecule has 3 heterocycles. The van der Waals surface area contributed by atoms with Gasteiger partial charge in [0.15, 0.2) is 0 Å². The van der Waals surface area contributed by atoms with Crippen LogP contribution in [0.25, 0.3) is 10.9 Å². The zero-order chi connectivity index (χ0) is 43.8. The van der Waals surface area contributed by atoms with E-state index in [1.54, 1.807) is 13.2 Å². The van der Waals surface area contributed by atoms with Crippen LogP contribution in [0.3, 0.4) is 0 Å². The number of carbonyl (C=O) groups is 4. The molecule has 62 heavy (non-hydrogen) atoms. The van der Waals surface area contributed by atoms with Gasteiger partial charge < -0.3 is 34.5 Å². The minimum absolute atomic E-state index is 0.0200. The number of hydrogen-bond donors (Lipinski definition) is 3. The summed E-state index contributed by atoms with van der Waals surface area (Å²) in [6.45, 7) is 7.97. The molecule has 4 amide bonds. The Balaban J connectivity index is 1.18. The Morgan fingerprint density at radius 2 is 1.79 bits per heavy atom. The first-order valence-corrected chi connectivity index (χ1v) is 23.4. The van der Waals surface area contributed by atoms with E-state index in [2.05, 4.69) is 21.9 Å². The van der Waals surface area contributed by atoms with E-state index in [9.17, 15) is 22.8 Å². The standard InChI is InChI=1S/C46H57N5O10S/c1-5-30-25-46(30,43(54)50-62(56,57)33-18-19-33)49-41(52)36-22-32-26-51(36)42(53)40(28-13-8-6-9-14-28)48-44(55)59-27-45(2,3)20-12-15-29-21-34-35(23-37(29)58-4)47-39(24-38(34)60-32)61-31-16-10-7-11-17-31/h5,7,10-11,16-17,21,23-24,28,30,32-33,36,40H,1,6,8-9,12-15,18-20,22,25-27H2,2-4H3,(H,48,55)(H,49,52)(H,50,54)/t30-,32+,36-,40-,46-/m0/s1. The summed E-state index contributed by atoms with van der Waals surface area (Å²) >= 11 is 0. The lowest BCUT2D eigenvalue weighted by atomic mass is 9.83. The summed E-state index contributed by atoms with van der Waals surface area (Å²) in [5.41, 5.74) is -0.494. The number of pyridine rings is 1. The fourth-order valence-corrected chi connectivity index (χ4v) is 10.6. The molecule has 3 aliphatic carbocycles. The minimum atomic E-state index is -3.93. The molecular weight excluding hydrogens is 815 g/mol. The monoisotopic (exact) mass is 871 g/mol. The van der Waals surface area contributed by atoms with E-state index in [1.807, 2.05) is 56.3 Å². The lowest BCUT2D eigenvalue weighted by molar-refractivity contribution is -0.142. The largest absolute Gasteiger partial charge is 0.496 e. The van der Waals surface area contributed by atoms with Crippen LogP contribution in [0.15, 0.2) is 61.2 Å². The van der Waals surface area contributed by atoms with Crippen molar-refractivity contribution in [2.24, 2.45) is 17.3 Å². The highest BCUT2D eigenvalue weighted by Gasteiger charge is 2.62. The van der Waals surface area contributed by atoms with E-state index in [4.69, 9.17) is 23.9 Å². The van der Waals surface area contributed by atoms with E-state index < -0.39 is 74.1 Å². The predicted molar refractivity (Wildman–Crippen MR) is 230 cm³/mol. The fraction of sp³-hybridized carbons (Fsp3) is 0.543. The molecule has 1 aromatic heterocycles. The van der Waals surface area contributed by atoms with E-state index >= 15 is 4.79 Å². The lowest BCUT2D eigenvalue weighted by Gasteiger charge is -2.35. The maximum atomic E-state index is 15.1. The van der Waals surface area contributed by atoms with Gasteiger partial charge >= 0.3 is 6.09 Å². The Hall–Kier alpha value is -5.38. The van der Waals surface area contributed by atoms with Crippen LogP contribution in [-0.2, 0) is 35.6 Å². The number of ether oxygens (including phenoxy) is 4. The van der Waals surface area contributed by atoms with Crippen LogP contribution in [-0.4, -0.2) is 91.4 Å². The summed E-state index contributed by atoms with van der Waals surface area (Å²) in [5.74, 6) is -0.810. The quantitative estimate of drug-likeness (QED) is 0.200. The van der Waals surface area contributed by atoms with Crippen LogP contribution < -0.4 is 29.6 Å². The Morgan fingerprint density at radius 1 is 1.03 bits per heavy atom. The van der Waals surface area contributed by atoms with Crippen LogP contribution in [0, 0.1) is 17.3 Å². The SMILES string of the molecule is C=C[C@H]1C[C@@]1(NC(=O)[C@@H]1C[C@@H]2CN1C(=O)[C@H](C1CCCCC1)NC(=O)OCC(C)(C)CCCc1cc3c(cc(Oc4ccccc4)nc3cc1OC)O2)C(=O)NS(=O)(=O)C1CC1. The van der Waals surface area contributed by atoms with Gasteiger partial charge in [-0.25, -0.2) is 18.2 Å². The van der Waals surface area contributed by atoms with Gasteiger partial charge in [-0.05, 0) is 86.5 Å². The number of para-hydroxylation sites is 1. The number of sulfonamides is 1. The number of aryl methyl sites for hydroxylation is 1. The molecule has 4 fully saturated rings. The molecule has 2 aliphatic heterocycles. The molecular formula is C46H57N5O10S. The molecule has 8 rings (SSSR count). The number of benzene rings is 2. The molecule has 2 aromatic carbocycles. The number of nitrogens with one attached hydrogen (secondary N) is 3. The van der Waals surface area contributed by atoms with Gasteiger partial charge in [0.25, 0.3) is 5.91 Å². The molecule has 16 heteroatoms. The van der Waals surface area contributed by atoms with Gasteiger partial charge in [-0.1, -0.05) is 57.4 Å². The van der Waals surface area contributed by atoms with Gasteiger partial charge in [-0.15, -0.1) is 6.58 Å². The second kappa shape index (κ2) is 17.4. The third-order valence-electron chi connectivity index (χ3n) is 13.1.